The molecule has 0 fully saturated rings. The normalized spacial score (nSPS) is 19.3. The van der Waals surface area contributed by atoms with E-state index in [-0.39, 0.29) is 5.78 Å². The molecule has 1 aliphatic rings. The van der Waals surface area contributed by atoms with Crippen molar-refractivity contribution in [2.24, 2.45) is 10.4 Å². The van der Waals surface area contributed by atoms with Crippen LogP contribution in [-0.4, -0.2) is 11.5 Å². The minimum Gasteiger partial charge on any atom is -0.294 e. The van der Waals surface area contributed by atoms with E-state index in [1.54, 1.807) is 0 Å². The second-order valence-electron chi connectivity index (χ2n) is 9.43. The van der Waals surface area contributed by atoms with Gasteiger partial charge in [-0.05, 0) is 44.4 Å². The highest BCUT2D eigenvalue weighted by molar-refractivity contribution is 6.19. The number of benzene rings is 2. The predicted molar refractivity (Wildman–Crippen MR) is 135 cm³/mol. The van der Waals surface area contributed by atoms with E-state index in [1.807, 2.05) is 74.5 Å². The molecule has 0 saturated carbocycles. The number of ketones is 1. The van der Waals surface area contributed by atoms with Gasteiger partial charge in [0.2, 0.25) is 5.54 Å². The van der Waals surface area contributed by atoms with Crippen LogP contribution < -0.4 is 0 Å². The predicted octanol–water partition coefficient (Wildman–Crippen LogP) is 7.51. The standard InChI is InChI=1S/C30H37NO/c1-4-5-6-7-8-9-10-17-22-27-29(2,3)28(32)30(31-27,26-20-15-12-16-21-26)24-23-25-18-13-11-14-19-25/h11-16,18-21H,4-10,17,22H2,1-3H3. The molecule has 2 nitrogen and oxygen atoms in total. The Balaban J connectivity index is 1.80. The van der Waals surface area contributed by atoms with E-state index in [9.17, 15) is 4.79 Å². The van der Waals surface area contributed by atoms with Crippen molar-refractivity contribution < 1.29 is 4.79 Å². The van der Waals surface area contributed by atoms with Crippen LogP contribution in [0, 0.1) is 17.3 Å². The summed E-state index contributed by atoms with van der Waals surface area (Å²) in [4.78, 5) is 18.9. The summed E-state index contributed by atoms with van der Waals surface area (Å²) in [6, 6.07) is 19.7. The number of nitrogens with zero attached hydrogens (tertiary/aromatic N) is 1. The monoisotopic (exact) mass is 427 g/mol. The van der Waals surface area contributed by atoms with Crippen molar-refractivity contribution in [3.63, 3.8) is 0 Å². The zero-order valence-electron chi connectivity index (χ0n) is 20.0. The van der Waals surface area contributed by atoms with Gasteiger partial charge in [-0.15, -0.1) is 0 Å². The fourth-order valence-electron chi connectivity index (χ4n) is 4.49. The summed E-state index contributed by atoms with van der Waals surface area (Å²) < 4.78 is 0. The topological polar surface area (TPSA) is 29.4 Å². The van der Waals surface area contributed by atoms with Gasteiger partial charge in [-0.25, -0.2) is 0 Å². The van der Waals surface area contributed by atoms with Gasteiger partial charge >= 0.3 is 0 Å². The smallest absolute Gasteiger partial charge is 0.205 e. The van der Waals surface area contributed by atoms with E-state index in [2.05, 4.69) is 18.8 Å². The number of rotatable bonds is 10. The highest BCUT2D eigenvalue weighted by Crippen LogP contribution is 2.43. The maximum Gasteiger partial charge on any atom is 0.205 e. The van der Waals surface area contributed by atoms with Crippen molar-refractivity contribution >= 4 is 11.5 Å². The Morgan fingerprint density at radius 1 is 0.781 bits per heavy atom. The number of Topliss-reactive ketones (excluding diaryl/α,β-unsaturated/α-hetero) is 1. The van der Waals surface area contributed by atoms with Gasteiger partial charge in [0, 0.05) is 11.3 Å². The van der Waals surface area contributed by atoms with Crippen molar-refractivity contribution in [3.05, 3.63) is 71.8 Å². The zero-order chi connectivity index (χ0) is 22.9. The molecule has 32 heavy (non-hydrogen) atoms. The average Bonchev–Trinajstić information content (AvgIpc) is 3.02. The van der Waals surface area contributed by atoms with Crippen molar-refractivity contribution in [1.82, 2.24) is 0 Å². The van der Waals surface area contributed by atoms with Crippen molar-refractivity contribution in [2.75, 3.05) is 0 Å². The Morgan fingerprint density at radius 2 is 1.34 bits per heavy atom. The molecule has 1 heterocycles. The molecule has 1 unspecified atom stereocenters. The van der Waals surface area contributed by atoms with Crippen LogP contribution >= 0.6 is 0 Å². The van der Waals surface area contributed by atoms with E-state index in [0.29, 0.717) is 0 Å². The maximum atomic E-state index is 13.8. The summed E-state index contributed by atoms with van der Waals surface area (Å²) in [7, 11) is 0. The second-order valence-corrected chi connectivity index (χ2v) is 9.43. The minimum atomic E-state index is -1.11. The number of unbranched alkanes of at least 4 members (excludes halogenated alkanes) is 7. The van der Waals surface area contributed by atoms with Gasteiger partial charge < -0.3 is 0 Å². The van der Waals surface area contributed by atoms with Gasteiger partial charge in [0.25, 0.3) is 0 Å². The molecular formula is C30H37NO. The summed E-state index contributed by atoms with van der Waals surface area (Å²) in [5, 5.41) is 0. The van der Waals surface area contributed by atoms with Crippen LogP contribution in [0.1, 0.15) is 89.7 Å². The molecule has 0 bridgehead atoms. The molecule has 1 atom stereocenters. The van der Waals surface area contributed by atoms with Crippen molar-refractivity contribution in [3.8, 4) is 11.8 Å². The Hall–Kier alpha value is -2.66. The average molecular weight is 428 g/mol. The minimum absolute atomic E-state index is 0.0918. The molecule has 0 spiro atoms. The molecule has 2 aromatic carbocycles. The van der Waals surface area contributed by atoms with E-state index >= 15 is 0 Å². The molecule has 0 saturated heterocycles. The quantitative estimate of drug-likeness (QED) is 0.285. The summed E-state index contributed by atoms with van der Waals surface area (Å²) in [5.74, 6) is 6.64. The molecule has 2 heteroatoms. The van der Waals surface area contributed by atoms with Gasteiger partial charge in [0.05, 0.1) is 5.41 Å². The molecule has 0 N–H and O–H groups in total. The third-order valence-corrected chi connectivity index (χ3v) is 6.54. The van der Waals surface area contributed by atoms with Crippen LogP contribution in [-0.2, 0) is 10.3 Å². The van der Waals surface area contributed by atoms with Crippen LogP contribution in [0.15, 0.2) is 65.7 Å². The van der Waals surface area contributed by atoms with Gasteiger partial charge in [-0.1, -0.05) is 112 Å². The lowest BCUT2D eigenvalue weighted by molar-refractivity contribution is -0.126. The molecule has 1 aliphatic heterocycles. The van der Waals surface area contributed by atoms with Gasteiger partial charge in [-0.3, -0.25) is 9.79 Å². The molecule has 3 rings (SSSR count). The zero-order valence-corrected chi connectivity index (χ0v) is 20.0. The number of hydrogen-bond donors (Lipinski definition) is 0. The molecule has 0 aliphatic carbocycles. The Morgan fingerprint density at radius 3 is 1.97 bits per heavy atom. The van der Waals surface area contributed by atoms with E-state index in [4.69, 9.17) is 4.99 Å². The van der Waals surface area contributed by atoms with Gasteiger partial charge in [-0.2, -0.15) is 0 Å². The first-order valence-electron chi connectivity index (χ1n) is 12.3. The second kappa shape index (κ2) is 11.3. The molecule has 0 amide bonds. The Labute approximate surface area is 194 Å². The number of aliphatic imine (C=N–C) groups is 1. The third-order valence-electron chi connectivity index (χ3n) is 6.54. The van der Waals surface area contributed by atoms with Crippen molar-refractivity contribution in [1.29, 1.82) is 0 Å². The number of carbonyl (C=O) groups is 1. The summed E-state index contributed by atoms with van der Waals surface area (Å²) in [5.41, 5.74) is 1.06. The van der Waals surface area contributed by atoms with Gasteiger partial charge in [0.1, 0.15) is 0 Å². The lowest BCUT2D eigenvalue weighted by Gasteiger charge is -2.24. The number of hydrogen-bond acceptors (Lipinski definition) is 2. The van der Waals surface area contributed by atoms with E-state index in [0.717, 1.165) is 29.7 Å². The summed E-state index contributed by atoms with van der Waals surface area (Å²) in [6.45, 7) is 6.30. The number of carbonyl (C=O) groups excluding carboxylic acids is 1. The molecule has 168 valence electrons. The SMILES string of the molecule is CCCCCCCCCCC1=NC(C#Cc2ccccc2)(c2ccccc2)C(=O)C1(C)C. The first-order valence-corrected chi connectivity index (χ1v) is 12.3. The lowest BCUT2D eigenvalue weighted by Crippen LogP contribution is -2.38. The Kier molecular flexibility index (Phi) is 8.46. The van der Waals surface area contributed by atoms with Crippen LogP contribution in [0.5, 0.6) is 0 Å². The highest BCUT2D eigenvalue weighted by atomic mass is 16.1. The van der Waals surface area contributed by atoms with E-state index in [1.165, 1.54) is 44.9 Å². The summed E-state index contributed by atoms with van der Waals surface area (Å²) in [6.07, 6.45) is 11.1. The highest BCUT2D eigenvalue weighted by Gasteiger charge is 2.54. The van der Waals surface area contributed by atoms with Crippen LogP contribution in [0.4, 0.5) is 0 Å². The molecular weight excluding hydrogens is 390 g/mol. The first-order chi connectivity index (χ1) is 15.5. The van der Waals surface area contributed by atoms with E-state index < -0.39 is 11.0 Å². The maximum absolute atomic E-state index is 13.8. The third kappa shape index (κ3) is 5.57. The Bertz CT molecular complexity index is 962. The van der Waals surface area contributed by atoms with Crippen LogP contribution in [0.3, 0.4) is 0 Å². The summed E-state index contributed by atoms with van der Waals surface area (Å²) >= 11 is 0. The van der Waals surface area contributed by atoms with Gasteiger partial charge in [0.15, 0.2) is 5.78 Å². The largest absolute Gasteiger partial charge is 0.294 e. The van der Waals surface area contributed by atoms with Crippen LogP contribution in [0.2, 0.25) is 0 Å². The molecule has 0 aromatic heterocycles. The lowest BCUT2D eigenvalue weighted by atomic mass is 9.74. The molecule has 0 radical (unpaired) electrons. The van der Waals surface area contributed by atoms with Crippen molar-refractivity contribution in [2.45, 2.75) is 84.1 Å². The fraction of sp³-hybridized carbons (Fsp3) is 0.467. The first kappa shape index (κ1) is 24.0. The fourth-order valence-corrected chi connectivity index (χ4v) is 4.49. The molecule has 2 aromatic rings. The van der Waals surface area contributed by atoms with Crippen LogP contribution in [0.25, 0.3) is 0 Å².